The zero-order valence-corrected chi connectivity index (χ0v) is 11.7. The molecule has 19 heavy (non-hydrogen) atoms. The molecule has 2 saturated carbocycles. The molecule has 1 heterocycles. The Morgan fingerprint density at radius 2 is 1.89 bits per heavy atom. The number of anilines is 2. The summed E-state index contributed by atoms with van der Waals surface area (Å²) in [5.74, 6) is 0.551. The van der Waals surface area contributed by atoms with Gasteiger partial charge in [-0.2, -0.15) is 5.26 Å². The van der Waals surface area contributed by atoms with E-state index in [9.17, 15) is 5.11 Å². The zero-order chi connectivity index (χ0) is 13.4. The number of nitrogens with one attached hydrogen (secondary N) is 1. The predicted molar refractivity (Wildman–Crippen MR) is 77.3 cm³/mol. The van der Waals surface area contributed by atoms with Crippen LogP contribution in [0, 0.1) is 11.3 Å². The number of nitrogens with two attached hydrogens (primary N) is 1. The van der Waals surface area contributed by atoms with Gasteiger partial charge in [-0.05, 0) is 44.4 Å². The highest BCUT2D eigenvalue weighted by molar-refractivity contribution is 7.17. The van der Waals surface area contributed by atoms with Gasteiger partial charge in [0.25, 0.3) is 0 Å². The third-order valence-electron chi connectivity index (χ3n) is 4.10. The smallest absolute Gasteiger partial charge is 0.130 e. The van der Waals surface area contributed by atoms with E-state index in [4.69, 9.17) is 11.0 Å². The summed E-state index contributed by atoms with van der Waals surface area (Å²) in [6.45, 7) is 0. The van der Waals surface area contributed by atoms with Crippen molar-refractivity contribution in [1.82, 2.24) is 0 Å². The minimum absolute atomic E-state index is 0.135. The third-order valence-corrected chi connectivity index (χ3v) is 5.16. The summed E-state index contributed by atoms with van der Waals surface area (Å²) < 4.78 is 0. The standard InChI is InChI=1S/C14H19N3OS/c15-7-11-13(16)12(8-1-2-8)14(19-11)17-9-3-5-10(18)6-4-9/h8-10,17-18H,1-6,16H2. The van der Waals surface area contributed by atoms with Crippen LogP contribution in [0.5, 0.6) is 0 Å². The highest BCUT2D eigenvalue weighted by Crippen LogP contribution is 2.51. The van der Waals surface area contributed by atoms with E-state index in [1.165, 1.54) is 29.7 Å². The molecule has 0 unspecified atom stereocenters. The van der Waals surface area contributed by atoms with Crippen LogP contribution in [0.1, 0.15) is 54.9 Å². The number of hydrogen-bond acceptors (Lipinski definition) is 5. The Bertz CT molecular complexity index is 507. The molecular weight excluding hydrogens is 258 g/mol. The molecule has 0 spiro atoms. The number of rotatable bonds is 3. The van der Waals surface area contributed by atoms with Crippen LogP contribution in [0.25, 0.3) is 0 Å². The first-order valence-corrected chi connectivity index (χ1v) is 7.77. The quantitative estimate of drug-likeness (QED) is 0.793. The van der Waals surface area contributed by atoms with Crippen molar-refractivity contribution in [2.45, 2.75) is 56.6 Å². The molecule has 0 saturated heterocycles. The lowest BCUT2D eigenvalue weighted by Gasteiger charge is -2.27. The number of aliphatic hydroxyl groups excluding tert-OH is 1. The number of nitrogen functional groups attached to an aromatic ring is 1. The Labute approximate surface area is 117 Å². The highest BCUT2D eigenvalue weighted by Gasteiger charge is 2.32. The molecule has 0 amide bonds. The molecule has 0 radical (unpaired) electrons. The van der Waals surface area contributed by atoms with Crippen molar-refractivity contribution < 1.29 is 5.11 Å². The molecule has 0 bridgehead atoms. The fourth-order valence-corrected chi connectivity index (χ4v) is 3.91. The van der Waals surface area contributed by atoms with Gasteiger partial charge < -0.3 is 16.2 Å². The fourth-order valence-electron chi connectivity index (χ4n) is 2.83. The number of nitriles is 1. The first kappa shape index (κ1) is 12.8. The fraction of sp³-hybridized carbons (Fsp3) is 0.643. The molecular formula is C14H19N3OS. The lowest BCUT2D eigenvalue weighted by atomic mass is 9.93. The van der Waals surface area contributed by atoms with Crippen LogP contribution in [-0.2, 0) is 0 Å². The Kier molecular flexibility index (Phi) is 3.38. The van der Waals surface area contributed by atoms with Crippen LogP contribution >= 0.6 is 11.3 Å². The topological polar surface area (TPSA) is 82.1 Å². The van der Waals surface area contributed by atoms with Crippen molar-refractivity contribution in [2.24, 2.45) is 0 Å². The van der Waals surface area contributed by atoms with Gasteiger partial charge >= 0.3 is 0 Å². The number of nitrogens with zero attached hydrogens (tertiary/aromatic N) is 1. The second-order valence-corrected chi connectivity index (χ2v) is 6.64. The maximum Gasteiger partial charge on any atom is 0.130 e. The van der Waals surface area contributed by atoms with E-state index in [0.717, 1.165) is 30.7 Å². The molecule has 2 fully saturated rings. The van der Waals surface area contributed by atoms with Crippen LogP contribution < -0.4 is 11.1 Å². The lowest BCUT2D eigenvalue weighted by Crippen LogP contribution is -2.28. The largest absolute Gasteiger partial charge is 0.397 e. The van der Waals surface area contributed by atoms with Crippen molar-refractivity contribution in [3.63, 3.8) is 0 Å². The SMILES string of the molecule is N#Cc1sc(NC2CCC(O)CC2)c(C2CC2)c1N. The summed E-state index contributed by atoms with van der Waals surface area (Å²) in [6, 6.07) is 2.60. The minimum Gasteiger partial charge on any atom is -0.397 e. The van der Waals surface area contributed by atoms with E-state index < -0.39 is 0 Å². The van der Waals surface area contributed by atoms with Crippen LogP contribution in [-0.4, -0.2) is 17.3 Å². The zero-order valence-electron chi connectivity index (χ0n) is 10.9. The van der Waals surface area contributed by atoms with Crippen molar-refractivity contribution in [2.75, 3.05) is 11.1 Å². The van der Waals surface area contributed by atoms with Crippen LogP contribution in [0.15, 0.2) is 0 Å². The second kappa shape index (κ2) is 5.03. The van der Waals surface area contributed by atoms with Crippen molar-refractivity contribution in [3.05, 3.63) is 10.4 Å². The van der Waals surface area contributed by atoms with Gasteiger partial charge in [0.05, 0.1) is 16.8 Å². The molecule has 2 aliphatic rings. The number of hydrogen-bond donors (Lipinski definition) is 3. The molecule has 0 aliphatic heterocycles. The predicted octanol–water partition coefficient (Wildman–Crippen LogP) is 2.79. The van der Waals surface area contributed by atoms with E-state index in [2.05, 4.69) is 11.4 Å². The summed E-state index contributed by atoms with van der Waals surface area (Å²) in [5.41, 5.74) is 7.95. The Morgan fingerprint density at radius 3 is 2.47 bits per heavy atom. The molecule has 1 aromatic rings. The van der Waals surface area contributed by atoms with Gasteiger partial charge in [0.2, 0.25) is 0 Å². The first-order chi connectivity index (χ1) is 9.19. The molecule has 0 aromatic carbocycles. The van der Waals surface area contributed by atoms with Gasteiger partial charge in [-0.3, -0.25) is 0 Å². The second-order valence-electron chi connectivity index (χ2n) is 5.62. The Hall–Kier alpha value is -1.25. The molecule has 4 nitrogen and oxygen atoms in total. The maximum atomic E-state index is 9.54. The Morgan fingerprint density at radius 1 is 1.21 bits per heavy atom. The van der Waals surface area contributed by atoms with Crippen molar-refractivity contribution >= 4 is 22.0 Å². The van der Waals surface area contributed by atoms with Gasteiger partial charge in [-0.15, -0.1) is 11.3 Å². The monoisotopic (exact) mass is 277 g/mol. The van der Waals surface area contributed by atoms with Gasteiger partial charge in [-0.25, -0.2) is 0 Å². The molecule has 2 aliphatic carbocycles. The lowest BCUT2D eigenvalue weighted by molar-refractivity contribution is 0.126. The normalized spacial score (nSPS) is 26.9. The summed E-state index contributed by atoms with van der Waals surface area (Å²) in [4.78, 5) is 0.639. The Balaban J connectivity index is 1.78. The van der Waals surface area contributed by atoms with Crippen molar-refractivity contribution in [3.8, 4) is 6.07 Å². The molecule has 3 rings (SSSR count). The number of thiophene rings is 1. The van der Waals surface area contributed by atoms with Gasteiger partial charge in [0, 0.05) is 11.6 Å². The van der Waals surface area contributed by atoms with E-state index in [1.54, 1.807) is 0 Å². The molecule has 5 heteroatoms. The van der Waals surface area contributed by atoms with E-state index >= 15 is 0 Å². The molecule has 102 valence electrons. The van der Waals surface area contributed by atoms with Crippen molar-refractivity contribution in [1.29, 1.82) is 5.26 Å². The maximum absolute atomic E-state index is 9.54. The minimum atomic E-state index is -0.135. The van der Waals surface area contributed by atoms with Crippen LogP contribution in [0.4, 0.5) is 10.7 Å². The summed E-state index contributed by atoms with van der Waals surface area (Å²) in [6.07, 6.45) is 5.94. The van der Waals surface area contributed by atoms with Gasteiger partial charge in [0.15, 0.2) is 0 Å². The van der Waals surface area contributed by atoms with Gasteiger partial charge in [-0.1, -0.05) is 0 Å². The molecule has 4 N–H and O–H groups in total. The van der Waals surface area contributed by atoms with Crippen LogP contribution in [0.3, 0.4) is 0 Å². The number of aliphatic hydroxyl groups is 1. The van der Waals surface area contributed by atoms with Gasteiger partial charge in [0.1, 0.15) is 10.9 Å². The highest BCUT2D eigenvalue weighted by atomic mass is 32.1. The van der Waals surface area contributed by atoms with E-state index in [0.29, 0.717) is 22.5 Å². The third kappa shape index (κ3) is 2.56. The summed E-state index contributed by atoms with van der Waals surface area (Å²) in [7, 11) is 0. The molecule has 1 aromatic heterocycles. The average Bonchev–Trinajstić information content (AvgIpc) is 3.18. The average molecular weight is 277 g/mol. The van der Waals surface area contributed by atoms with Crippen LogP contribution in [0.2, 0.25) is 0 Å². The van der Waals surface area contributed by atoms with E-state index in [1.807, 2.05) is 0 Å². The first-order valence-electron chi connectivity index (χ1n) is 6.96. The van der Waals surface area contributed by atoms with E-state index in [-0.39, 0.29) is 6.10 Å². The summed E-state index contributed by atoms with van der Waals surface area (Å²) >= 11 is 1.49. The molecule has 0 atom stereocenters. The summed E-state index contributed by atoms with van der Waals surface area (Å²) in [5, 5.41) is 23.3.